The van der Waals surface area contributed by atoms with Gasteiger partial charge in [-0.15, -0.1) is 0 Å². The van der Waals surface area contributed by atoms with Crippen LogP contribution in [0.25, 0.3) is 0 Å². The van der Waals surface area contributed by atoms with Crippen LogP contribution in [0.1, 0.15) is 33.2 Å². The lowest BCUT2D eigenvalue weighted by atomic mass is 10.1. The number of ether oxygens (including phenoxy) is 2. The Bertz CT molecular complexity index is 779. The summed E-state index contributed by atoms with van der Waals surface area (Å²) in [7, 11) is 0. The maximum absolute atomic E-state index is 12.2. The third-order valence-corrected chi connectivity index (χ3v) is 3.53. The van der Waals surface area contributed by atoms with Crippen molar-refractivity contribution in [3.05, 3.63) is 65.2 Å². The summed E-state index contributed by atoms with van der Waals surface area (Å²) in [6, 6.07) is 14.3. The van der Waals surface area contributed by atoms with E-state index >= 15 is 0 Å². The first-order valence-electron chi connectivity index (χ1n) is 7.12. The molecule has 0 aromatic heterocycles. The molecule has 0 spiro atoms. The normalized spacial score (nSPS) is 16.1. The molecule has 0 fully saturated rings. The van der Waals surface area contributed by atoms with Crippen LogP contribution < -0.4 is 4.74 Å². The van der Waals surface area contributed by atoms with E-state index in [-0.39, 0.29) is 11.1 Å². The Hall–Kier alpha value is -2.95. The maximum Gasteiger partial charge on any atom is 0.303 e. The van der Waals surface area contributed by atoms with Gasteiger partial charge in [-0.3, -0.25) is 14.4 Å². The van der Waals surface area contributed by atoms with Crippen LogP contribution in [0.15, 0.2) is 48.5 Å². The highest BCUT2D eigenvalue weighted by atomic mass is 16.5. The monoisotopic (exact) mass is 310 g/mol. The van der Waals surface area contributed by atoms with Crippen molar-refractivity contribution in [2.24, 2.45) is 0 Å². The minimum atomic E-state index is -1.37. The van der Waals surface area contributed by atoms with E-state index in [4.69, 9.17) is 9.47 Å². The van der Waals surface area contributed by atoms with Crippen LogP contribution in [0.3, 0.4) is 0 Å². The topological polar surface area (TPSA) is 69.7 Å². The lowest BCUT2D eigenvalue weighted by Gasteiger charge is -2.07. The first kappa shape index (κ1) is 15.0. The summed E-state index contributed by atoms with van der Waals surface area (Å²) in [5.74, 6) is -1.18. The second-order valence-electron chi connectivity index (χ2n) is 5.20. The fourth-order valence-electron chi connectivity index (χ4n) is 2.45. The van der Waals surface area contributed by atoms with Gasteiger partial charge < -0.3 is 9.47 Å². The van der Waals surface area contributed by atoms with Crippen molar-refractivity contribution < 1.29 is 23.9 Å². The number of carbonyl (C=O) groups is 3. The Labute approximate surface area is 132 Å². The van der Waals surface area contributed by atoms with Crippen molar-refractivity contribution in [1.29, 1.82) is 0 Å². The number of carbonyl (C=O) groups excluding carboxylic acids is 3. The number of fused-ring (bicyclic) bond motifs is 1. The molecule has 116 valence electrons. The molecule has 0 aliphatic heterocycles. The van der Waals surface area contributed by atoms with Gasteiger partial charge in [0, 0.05) is 18.1 Å². The summed E-state index contributed by atoms with van der Waals surface area (Å²) in [6.45, 7) is 1.52. The molecule has 0 saturated heterocycles. The molecule has 0 amide bonds. The summed E-state index contributed by atoms with van der Waals surface area (Å²) >= 11 is 0. The van der Waals surface area contributed by atoms with Gasteiger partial charge in [-0.2, -0.15) is 0 Å². The van der Waals surface area contributed by atoms with Crippen molar-refractivity contribution in [1.82, 2.24) is 0 Å². The van der Waals surface area contributed by atoms with Gasteiger partial charge in [-0.25, -0.2) is 0 Å². The van der Waals surface area contributed by atoms with Crippen molar-refractivity contribution >= 4 is 17.5 Å². The Morgan fingerprint density at radius 3 is 2.39 bits per heavy atom. The van der Waals surface area contributed by atoms with Crippen LogP contribution in [0.2, 0.25) is 0 Å². The van der Waals surface area contributed by atoms with E-state index in [0.717, 1.165) is 12.5 Å². The molecule has 0 heterocycles. The largest absolute Gasteiger partial charge is 0.489 e. The van der Waals surface area contributed by atoms with Crippen LogP contribution in [-0.4, -0.2) is 23.6 Å². The Kier molecular flexibility index (Phi) is 3.93. The summed E-state index contributed by atoms with van der Waals surface area (Å²) in [5.41, 5.74) is 1.48. The number of ketones is 2. The van der Waals surface area contributed by atoms with E-state index in [0.29, 0.717) is 12.4 Å². The smallest absolute Gasteiger partial charge is 0.303 e. The number of hydrogen-bond donors (Lipinski definition) is 0. The summed E-state index contributed by atoms with van der Waals surface area (Å²) in [6.07, 6.45) is -1.37. The fraction of sp³-hybridized carbons (Fsp3) is 0.167. The van der Waals surface area contributed by atoms with Crippen molar-refractivity contribution in [2.45, 2.75) is 19.6 Å². The van der Waals surface area contributed by atoms with Crippen LogP contribution >= 0.6 is 0 Å². The Morgan fingerprint density at radius 2 is 1.70 bits per heavy atom. The lowest BCUT2D eigenvalue weighted by Crippen LogP contribution is -2.27. The van der Waals surface area contributed by atoms with E-state index < -0.39 is 23.6 Å². The van der Waals surface area contributed by atoms with Crippen LogP contribution in [0.4, 0.5) is 0 Å². The first-order valence-corrected chi connectivity index (χ1v) is 7.12. The fourth-order valence-corrected chi connectivity index (χ4v) is 2.45. The summed E-state index contributed by atoms with van der Waals surface area (Å²) < 4.78 is 10.5. The minimum absolute atomic E-state index is 0.229. The Morgan fingerprint density at radius 1 is 1.00 bits per heavy atom. The quantitative estimate of drug-likeness (QED) is 0.641. The third kappa shape index (κ3) is 2.99. The first-order chi connectivity index (χ1) is 11.1. The molecular weight excluding hydrogens is 296 g/mol. The van der Waals surface area contributed by atoms with E-state index in [1.165, 1.54) is 12.1 Å². The van der Waals surface area contributed by atoms with Gasteiger partial charge in [0.15, 0.2) is 0 Å². The number of rotatable bonds is 4. The summed E-state index contributed by atoms with van der Waals surface area (Å²) in [5, 5.41) is 0. The molecule has 2 aromatic carbocycles. The highest BCUT2D eigenvalue weighted by Gasteiger charge is 2.41. The zero-order valence-electron chi connectivity index (χ0n) is 12.4. The molecule has 5 nitrogen and oxygen atoms in total. The van der Waals surface area contributed by atoms with Gasteiger partial charge >= 0.3 is 5.97 Å². The zero-order chi connectivity index (χ0) is 16.4. The van der Waals surface area contributed by atoms with Crippen LogP contribution in [0, 0.1) is 0 Å². The SMILES string of the molecule is CC(=O)OC1C(=O)c2ccc(OCc3ccccc3)cc2C1=O. The lowest BCUT2D eigenvalue weighted by molar-refractivity contribution is -0.142. The van der Waals surface area contributed by atoms with Gasteiger partial charge in [-0.1, -0.05) is 30.3 Å². The molecule has 1 atom stereocenters. The maximum atomic E-state index is 12.2. The van der Waals surface area contributed by atoms with Gasteiger partial charge in [0.1, 0.15) is 12.4 Å². The second kappa shape index (κ2) is 6.04. The molecule has 1 aliphatic carbocycles. The number of hydrogen-bond acceptors (Lipinski definition) is 5. The molecule has 0 N–H and O–H groups in total. The van der Waals surface area contributed by atoms with Crippen molar-refractivity contribution in [3.8, 4) is 5.75 Å². The zero-order valence-corrected chi connectivity index (χ0v) is 12.4. The third-order valence-electron chi connectivity index (χ3n) is 3.53. The molecule has 3 rings (SSSR count). The molecule has 1 aliphatic rings. The molecule has 23 heavy (non-hydrogen) atoms. The van der Waals surface area contributed by atoms with Crippen LogP contribution in [-0.2, 0) is 16.1 Å². The molecule has 1 unspecified atom stereocenters. The van der Waals surface area contributed by atoms with Gasteiger partial charge in [0.25, 0.3) is 0 Å². The van der Waals surface area contributed by atoms with E-state index in [2.05, 4.69) is 0 Å². The highest BCUT2D eigenvalue weighted by Crippen LogP contribution is 2.28. The van der Waals surface area contributed by atoms with Crippen molar-refractivity contribution in [2.75, 3.05) is 0 Å². The summed E-state index contributed by atoms with van der Waals surface area (Å²) in [4.78, 5) is 35.3. The molecule has 0 bridgehead atoms. The molecule has 0 radical (unpaired) electrons. The Balaban J connectivity index is 1.79. The predicted molar refractivity (Wildman–Crippen MR) is 81.4 cm³/mol. The van der Waals surface area contributed by atoms with Crippen LogP contribution in [0.5, 0.6) is 5.75 Å². The average molecular weight is 310 g/mol. The number of Topliss-reactive ketones (excluding diaryl/α,β-unsaturated/α-hetero) is 2. The number of benzene rings is 2. The molecule has 0 saturated carbocycles. The van der Waals surface area contributed by atoms with E-state index in [1.54, 1.807) is 6.07 Å². The highest BCUT2D eigenvalue weighted by molar-refractivity contribution is 6.29. The standard InChI is InChI=1S/C18H14O5/c1-11(19)23-18-16(20)14-8-7-13(9-15(14)17(18)21)22-10-12-5-3-2-4-6-12/h2-9,18H,10H2,1H3. The predicted octanol–water partition coefficient (Wildman–Crippen LogP) is 2.58. The molecular formula is C18H14O5. The van der Waals surface area contributed by atoms with Crippen molar-refractivity contribution in [3.63, 3.8) is 0 Å². The van der Waals surface area contributed by atoms with Gasteiger partial charge in [0.05, 0.1) is 0 Å². The minimum Gasteiger partial charge on any atom is -0.489 e. The van der Waals surface area contributed by atoms with Gasteiger partial charge in [0.2, 0.25) is 17.7 Å². The molecule has 2 aromatic rings. The van der Waals surface area contributed by atoms with E-state index in [1.807, 2.05) is 30.3 Å². The van der Waals surface area contributed by atoms with Gasteiger partial charge in [-0.05, 0) is 23.8 Å². The average Bonchev–Trinajstić information content (AvgIpc) is 2.78. The second-order valence-corrected chi connectivity index (χ2v) is 5.20. The number of esters is 1. The van der Waals surface area contributed by atoms with E-state index in [9.17, 15) is 14.4 Å². The molecule has 5 heteroatoms.